The van der Waals surface area contributed by atoms with E-state index in [9.17, 15) is 4.79 Å². The minimum Gasteiger partial charge on any atom is -0.303 e. The van der Waals surface area contributed by atoms with Gasteiger partial charge < -0.3 is 4.79 Å². The van der Waals surface area contributed by atoms with Crippen LogP contribution in [-0.4, -0.2) is 14.3 Å². The van der Waals surface area contributed by atoms with E-state index < -0.39 is 8.07 Å². The molecule has 0 amide bonds. The SMILES string of the molecule is [2H]C(=O)C(CCCCCC)[Si](C)(C)C(C)(C)C. The molecule has 0 aliphatic heterocycles. The average molecular weight is 243 g/mol. The summed E-state index contributed by atoms with van der Waals surface area (Å²) in [5, 5.41) is 0.194. The summed E-state index contributed by atoms with van der Waals surface area (Å²) in [5.41, 5.74) is 0.0133. The molecule has 0 spiro atoms. The lowest BCUT2D eigenvalue weighted by atomic mass is 10.1. The van der Waals surface area contributed by atoms with E-state index in [4.69, 9.17) is 1.37 Å². The highest BCUT2D eigenvalue weighted by atomic mass is 28.3. The standard InChI is InChI=1S/C14H30OSi/c1-7-8-9-10-11-13(12-15)16(5,6)14(2,3)4/h12-13H,7-11H2,1-6H3/i12D. The summed E-state index contributed by atoms with van der Waals surface area (Å²) in [4.78, 5) is 11.6. The minimum atomic E-state index is -1.69. The van der Waals surface area contributed by atoms with Gasteiger partial charge >= 0.3 is 0 Å². The molecular weight excluding hydrogens is 212 g/mol. The largest absolute Gasteiger partial charge is 0.303 e. The molecule has 0 bridgehead atoms. The molecule has 0 N–H and O–H groups in total. The Hall–Kier alpha value is -0.113. The lowest BCUT2D eigenvalue weighted by Gasteiger charge is -2.41. The molecule has 1 nitrogen and oxygen atoms in total. The fraction of sp³-hybridized carbons (Fsp3) is 0.929. The molecule has 0 saturated carbocycles. The van der Waals surface area contributed by atoms with Crippen LogP contribution in [0.1, 0.15) is 61.2 Å². The second-order valence-electron chi connectivity index (χ2n) is 6.49. The summed E-state index contributed by atoms with van der Waals surface area (Å²) < 4.78 is 7.55. The third kappa shape index (κ3) is 4.40. The zero-order chi connectivity index (χ0) is 13.7. The number of carbonyl (C=O) groups excluding carboxylic acids is 1. The van der Waals surface area contributed by atoms with Gasteiger partial charge in [-0.25, -0.2) is 0 Å². The van der Waals surface area contributed by atoms with Gasteiger partial charge in [0.2, 0.25) is 0 Å². The van der Waals surface area contributed by atoms with E-state index in [1.807, 2.05) is 0 Å². The van der Waals surface area contributed by atoms with Gasteiger partial charge in [0.05, 0.1) is 8.07 Å². The maximum absolute atomic E-state index is 11.6. The second-order valence-corrected chi connectivity index (χ2v) is 12.1. The summed E-state index contributed by atoms with van der Waals surface area (Å²) in [7, 11) is -1.69. The van der Waals surface area contributed by atoms with Crippen LogP contribution in [0.5, 0.6) is 0 Å². The second kappa shape index (κ2) is 6.58. The van der Waals surface area contributed by atoms with E-state index in [0.717, 1.165) is 12.8 Å². The first-order valence-electron chi connectivity index (χ1n) is 7.15. The molecule has 0 aromatic carbocycles. The monoisotopic (exact) mass is 243 g/mol. The van der Waals surface area contributed by atoms with Crippen LogP contribution in [-0.2, 0) is 4.79 Å². The van der Waals surface area contributed by atoms with Crippen LogP contribution in [0, 0.1) is 0 Å². The van der Waals surface area contributed by atoms with E-state index in [-0.39, 0.29) is 16.8 Å². The Morgan fingerprint density at radius 1 is 1.25 bits per heavy atom. The van der Waals surface area contributed by atoms with Crippen molar-refractivity contribution in [2.45, 2.75) is 83.5 Å². The van der Waals surface area contributed by atoms with Gasteiger partial charge in [0.25, 0.3) is 0 Å². The Kier molecular flexibility index (Phi) is 5.74. The summed E-state index contributed by atoms with van der Waals surface area (Å²) in [6.07, 6.45) is 5.38. The van der Waals surface area contributed by atoms with Gasteiger partial charge in [0.15, 0.2) is 0 Å². The van der Waals surface area contributed by atoms with Gasteiger partial charge in [-0.3, -0.25) is 0 Å². The number of carbonyl (C=O) groups is 1. The number of hydrogen-bond acceptors (Lipinski definition) is 1. The highest BCUT2D eigenvalue weighted by Gasteiger charge is 2.41. The molecule has 96 valence electrons. The van der Waals surface area contributed by atoms with Crippen molar-refractivity contribution in [3.63, 3.8) is 0 Å². The molecule has 0 fully saturated rings. The third-order valence-corrected chi connectivity index (χ3v) is 10.3. The lowest BCUT2D eigenvalue weighted by molar-refractivity contribution is -0.108. The summed E-state index contributed by atoms with van der Waals surface area (Å²) >= 11 is 0. The molecule has 0 aliphatic rings. The van der Waals surface area contributed by atoms with E-state index >= 15 is 0 Å². The number of unbranched alkanes of at least 4 members (excludes halogenated alkanes) is 3. The maximum atomic E-state index is 11.6. The molecule has 1 atom stereocenters. The Balaban J connectivity index is 4.58. The zero-order valence-electron chi connectivity index (χ0n) is 13.0. The molecule has 0 heterocycles. The molecule has 0 aliphatic carbocycles. The summed E-state index contributed by atoms with van der Waals surface area (Å²) in [6.45, 7) is 13.4. The van der Waals surface area contributed by atoms with Crippen molar-refractivity contribution in [1.29, 1.82) is 0 Å². The van der Waals surface area contributed by atoms with Crippen LogP contribution in [0.2, 0.25) is 23.7 Å². The van der Waals surface area contributed by atoms with Crippen LogP contribution in [0.25, 0.3) is 0 Å². The first kappa shape index (κ1) is 13.9. The van der Waals surface area contributed by atoms with Crippen LogP contribution in [0.15, 0.2) is 0 Å². The van der Waals surface area contributed by atoms with Gasteiger partial charge in [-0.05, 0) is 11.5 Å². The van der Waals surface area contributed by atoms with Crippen molar-refractivity contribution >= 4 is 14.3 Å². The Bertz CT molecular complexity index is 243. The van der Waals surface area contributed by atoms with Crippen molar-refractivity contribution in [2.75, 3.05) is 0 Å². The van der Waals surface area contributed by atoms with Gasteiger partial charge in [-0.1, -0.05) is 66.5 Å². The van der Waals surface area contributed by atoms with Gasteiger partial charge in [0.1, 0.15) is 7.63 Å². The van der Waals surface area contributed by atoms with Crippen molar-refractivity contribution in [1.82, 2.24) is 0 Å². The molecule has 2 heteroatoms. The number of aldehydes is 1. The van der Waals surface area contributed by atoms with Crippen molar-refractivity contribution < 1.29 is 6.17 Å². The topological polar surface area (TPSA) is 17.1 Å². The predicted octanol–water partition coefficient (Wildman–Crippen LogP) is 5.03. The lowest BCUT2D eigenvalue weighted by Crippen LogP contribution is -2.42. The first-order valence-corrected chi connectivity index (χ1v) is 9.72. The number of rotatable bonds is 7. The van der Waals surface area contributed by atoms with Gasteiger partial charge in [0, 0.05) is 5.54 Å². The van der Waals surface area contributed by atoms with E-state index in [1.165, 1.54) is 19.3 Å². The predicted molar refractivity (Wildman–Crippen MR) is 75.8 cm³/mol. The Morgan fingerprint density at radius 2 is 1.81 bits per heavy atom. The highest BCUT2D eigenvalue weighted by molar-refractivity contribution is 6.83. The van der Waals surface area contributed by atoms with E-state index in [0.29, 0.717) is 0 Å². The van der Waals surface area contributed by atoms with Crippen LogP contribution >= 0.6 is 0 Å². The number of hydrogen-bond donors (Lipinski definition) is 0. The zero-order valence-corrected chi connectivity index (χ0v) is 13.0. The normalized spacial score (nSPS) is 15.8. The van der Waals surface area contributed by atoms with E-state index in [1.54, 1.807) is 0 Å². The van der Waals surface area contributed by atoms with E-state index in [2.05, 4.69) is 40.8 Å². The fourth-order valence-electron chi connectivity index (χ4n) is 1.87. The quantitative estimate of drug-likeness (QED) is 0.348. The average Bonchev–Trinajstić information content (AvgIpc) is 2.14. The molecule has 0 aromatic rings. The van der Waals surface area contributed by atoms with Crippen molar-refractivity contribution in [3.05, 3.63) is 0 Å². The molecule has 0 saturated heterocycles. The minimum absolute atomic E-state index is 0.0133. The first-order chi connectivity index (χ1) is 7.64. The van der Waals surface area contributed by atoms with Crippen LogP contribution < -0.4 is 0 Å². The van der Waals surface area contributed by atoms with Crippen molar-refractivity contribution in [2.24, 2.45) is 0 Å². The van der Waals surface area contributed by atoms with Crippen LogP contribution in [0.4, 0.5) is 0 Å². The van der Waals surface area contributed by atoms with Gasteiger partial charge in [-0.15, -0.1) is 0 Å². The molecule has 16 heavy (non-hydrogen) atoms. The van der Waals surface area contributed by atoms with Crippen molar-refractivity contribution in [3.8, 4) is 0 Å². The Labute approximate surface area is 104 Å². The molecule has 0 rings (SSSR count). The smallest absolute Gasteiger partial charge is 0.120 e. The maximum Gasteiger partial charge on any atom is 0.120 e. The highest BCUT2D eigenvalue weighted by Crippen LogP contribution is 2.44. The third-order valence-electron chi connectivity index (χ3n) is 4.29. The summed E-state index contributed by atoms with van der Waals surface area (Å²) in [6, 6.07) is 0. The fourth-order valence-corrected chi connectivity index (χ4v) is 4.13. The summed E-state index contributed by atoms with van der Waals surface area (Å²) in [5.74, 6) is 0. The molecule has 0 radical (unpaired) electrons. The van der Waals surface area contributed by atoms with Gasteiger partial charge in [-0.2, -0.15) is 0 Å². The van der Waals surface area contributed by atoms with Crippen LogP contribution in [0.3, 0.4) is 0 Å². The molecule has 1 unspecified atom stereocenters. The molecule has 0 aromatic heterocycles. The molecular formula is C14H30OSi. The Morgan fingerprint density at radius 3 is 2.19 bits per heavy atom.